The average Bonchev–Trinajstić information content (AvgIpc) is 2.72. The van der Waals surface area contributed by atoms with E-state index in [0.717, 1.165) is 0 Å². The highest BCUT2D eigenvalue weighted by Crippen LogP contribution is 2.42. The van der Waals surface area contributed by atoms with E-state index in [1.54, 1.807) is 19.9 Å². The lowest BCUT2D eigenvalue weighted by molar-refractivity contribution is -0.146. The third kappa shape index (κ3) is 2.16. The van der Waals surface area contributed by atoms with Crippen molar-refractivity contribution in [3.63, 3.8) is 0 Å². The second kappa shape index (κ2) is 4.42. The lowest BCUT2D eigenvalue weighted by Crippen LogP contribution is -2.26. The first kappa shape index (κ1) is 13.1. The number of ether oxygens (including phenoxy) is 2. The highest BCUT2D eigenvalue weighted by Gasteiger charge is 2.32. The molecule has 1 aromatic carbocycles. The van der Waals surface area contributed by atoms with Gasteiger partial charge in [0.2, 0.25) is 12.5 Å². The summed E-state index contributed by atoms with van der Waals surface area (Å²) in [6.45, 7) is 3.07. The van der Waals surface area contributed by atoms with Crippen molar-refractivity contribution < 1.29 is 23.8 Å². The molecule has 98 valence electrons. The molecule has 4 nitrogen and oxygen atoms in total. The van der Waals surface area contributed by atoms with E-state index in [1.807, 2.05) is 0 Å². The molecule has 0 atom stereocenters. The second-order valence-corrected chi connectivity index (χ2v) is 5.60. The quantitative estimate of drug-likeness (QED) is 0.931. The molecule has 0 radical (unpaired) electrons. The molecule has 0 bridgehead atoms. The van der Waals surface area contributed by atoms with E-state index >= 15 is 0 Å². The Morgan fingerprint density at radius 3 is 2.83 bits per heavy atom. The Kier molecular flexibility index (Phi) is 3.23. The fourth-order valence-electron chi connectivity index (χ4n) is 1.69. The Morgan fingerprint density at radius 2 is 2.22 bits per heavy atom. The van der Waals surface area contributed by atoms with Crippen LogP contribution in [0.5, 0.6) is 11.5 Å². The predicted molar refractivity (Wildman–Crippen MR) is 65.3 cm³/mol. The van der Waals surface area contributed by atoms with Crippen LogP contribution in [0.4, 0.5) is 4.39 Å². The van der Waals surface area contributed by atoms with Gasteiger partial charge in [-0.1, -0.05) is 15.9 Å². The van der Waals surface area contributed by atoms with E-state index < -0.39 is 17.2 Å². The van der Waals surface area contributed by atoms with Gasteiger partial charge in [-0.2, -0.15) is 0 Å². The zero-order valence-corrected chi connectivity index (χ0v) is 11.5. The molecule has 0 aromatic heterocycles. The van der Waals surface area contributed by atoms with Gasteiger partial charge in [0.25, 0.3) is 0 Å². The number of benzene rings is 1. The Bertz CT molecular complexity index is 513. The average molecular weight is 319 g/mol. The summed E-state index contributed by atoms with van der Waals surface area (Å²) in [6, 6.07) is 1.60. The zero-order valence-electron chi connectivity index (χ0n) is 9.92. The van der Waals surface area contributed by atoms with Crippen LogP contribution >= 0.6 is 15.9 Å². The summed E-state index contributed by atoms with van der Waals surface area (Å²) >= 11 is 3.23. The number of aliphatic carboxylic acids is 1. The molecule has 0 aliphatic carbocycles. The van der Waals surface area contributed by atoms with Crippen LogP contribution in [-0.2, 0) is 11.2 Å². The van der Waals surface area contributed by atoms with E-state index in [2.05, 4.69) is 15.9 Å². The number of carbonyl (C=O) groups is 1. The van der Waals surface area contributed by atoms with Gasteiger partial charge in [-0.05, 0) is 26.3 Å². The van der Waals surface area contributed by atoms with Gasteiger partial charge >= 0.3 is 5.97 Å². The van der Waals surface area contributed by atoms with E-state index in [0.29, 0.717) is 10.2 Å². The van der Waals surface area contributed by atoms with Gasteiger partial charge in [-0.25, -0.2) is 4.39 Å². The first-order chi connectivity index (χ1) is 8.33. The third-order valence-corrected chi connectivity index (χ3v) is 3.56. The van der Waals surface area contributed by atoms with Crippen LogP contribution in [0.2, 0.25) is 0 Å². The third-order valence-electron chi connectivity index (χ3n) is 2.85. The van der Waals surface area contributed by atoms with Crippen LogP contribution in [-0.4, -0.2) is 17.9 Å². The normalized spacial score (nSPS) is 13.8. The molecule has 1 N–H and O–H groups in total. The van der Waals surface area contributed by atoms with Crippen molar-refractivity contribution in [2.24, 2.45) is 5.41 Å². The highest BCUT2D eigenvalue weighted by atomic mass is 79.9. The Labute approximate surface area is 112 Å². The largest absolute Gasteiger partial charge is 0.481 e. The number of carboxylic acid groups (broad SMARTS) is 1. The Morgan fingerprint density at radius 1 is 1.56 bits per heavy atom. The summed E-state index contributed by atoms with van der Waals surface area (Å²) in [6.07, 6.45) is 0.0609. The molecule has 0 fully saturated rings. The molecule has 2 rings (SSSR count). The minimum absolute atomic E-state index is 0.0233. The summed E-state index contributed by atoms with van der Waals surface area (Å²) < 4.78 is 24.8. The maximum atomic E-state index is 14.2. The first-order valence-electron chi connectivity index (χ1n) is 5.33. The van der Waals surface area contributed by atoms with Gasteiger partial charge in [0.1, 0.15) is 0 Å². The van der Waals surface area contributed by atoms with Crippen molar-refractivity contribution in [2.45, 2.75) is 20.3 Å². The molecule has 1 aliphatic rings. The van der Waals surface area contributed by atoms with Crippen LogP contribution < -0.4 is 9.47 Å². The number of carboxylic acids is 1. The molecule has 18 heavy (non-hydrogen) atoms. The van der Waals surface area contributed by atoms with Crippen molar-refractivity contribution in [1.29, 1.82) is 0 Å². The van der Waals surface area contributed by atoms with Crippen molar-refractivity contribution in [3.8, 4) is 11.5 Å². The summed E-state index contributed by atoms with van der Waals surface area (Å²) in [5.74, 6) is -1.16. The molecule has 0 spiro atoms. The van der Waals surface area contributed by atoms with E-state index in [9.17, 15) is 9.18 Å². The highest BCUT2D eigenvalue weighted by molar-refractivity contribution is 9.10. The predicted octanol–water partition coefficient (Wildman–Crippen LogP) is 2.97. The van der Waals surface area contributed by atoms with Crippen molar-refractivity contribution >= 4 is 21.9 Å². The van der Waals surface area contributed by atoms with Gasteiger partial charge in [0, 0.05) is 10.0 Å². The lowest BCUT2D eigenvalue weighted by atomic mass is 9.85. The van der Waals surface area contributed by atoms with Gasteiger partial charge < -0.3 is 14.6 Å². The number of halogens is 2. The van der Waals surface area contributed by atoms with Crippen LogP contribution in [0.15, 0.2) is 10.5 Å². The van der Waals surface area contributed by atoms with E-state index in [1.165, 1.54) is 0 Å². The molecule has 1 aromatic rings. The number of hydrogen-bond donors (Lipinski definition) is 1. The number of rotatable bonds is 3. The summed E-state index contributed by atoms with van der Waals surface area (Å²) in [4.78, 5) is 11.1. The molecule has 0 saturated carbocycles. The summed E-state index contributed by atoms with van der Waals surface area (Å²) in [5.41, 5.74) is -0.775. The van der Waals surface area contributed by atoms with Crippen molar-refractivity contribution in [3.05, 3.63) is 21.9 Å². The number of hydrogen-bond acceptors (Lipinski definition) is 3. The molecule has 1 heterocycles. The molecule has 0 saturated heterocycles. The lowest BCUT2D eigenvalue weighted by Gasteiger charge is -2.20. The molecule has 0 amide bonds. The van der Waals surface area contributed by atoms with Gasteiger partial charge in [0.05, 0.1) is 5.41 Å². The summed E-state index contributed by atoms with van der Waals surface area (Å²) in [5, 5.41) is 9.08. The van der Waals surface area contributed by atoms with Gasteiger partial charge in [-0.15, -0.1) is 0 Å². The topological polar surface area (TPSA) is 55.8 Å². The van der Waals surface area contributed by atoms with Crippen molar-refractivity contribution in [2.75, 3.05) is 6.79 Å². The zero-order chi connectivity index (χ0) is 13.5. The van der Waals surface area contributed by atoms with Gasteiger partial charge in [-0.3, -0.25) is 4.79 Å². The van der Waals surface area contributed by atoms with Crippen LogP contribution in [0.1, 0.15) is 19.4 Å². The maximum Gasteiger partial charge on any atom is 0.309 e. The molecular weight excluding hydrogens is 307 g/mol. The smallest absolute Gasteiger partial charge is 0.309 e. The monoisotopic (exact) mass is 318 g/mol. The van der Waals surface area contributed by atoms with Crippen LogP contribution in [0.25, 0.3) is 0 Å². The van der Waals surface area contributed by atoms with Gasteiger partial charge in [0.15, 0.2) is 11.6 Å². The fourth-order valence-corrected chi connectivity index (χ4v) is 2.21. The second-order valence-electron chi connectivity index (χ2n) is 4.75. The first-order valence-corrected chi connectivity index (χ1v) is 6.12. The number of fused-ring (bicyclic) bond motifs is 1. The Hall–Kier alpha value is -1.30. The van der Waals surface area contributed by atoms with Crippen LogP contribution in [0.3, 0.4) is 0 Å². The van der Waals surface area contributed by atoms with E-state index in [4.69, 9.17) is 14.6 Å². The fraction of sp³-hybridized carbons (Fsp3) is 0.417. The minimum Gasteiger partial charge on any atom is -0.481 e. The molecule has 0 unspecified atom stereocenters. The van der Waals surface area contributed by atoms with Crippen molar-refractivity contribution in [1.82, 2.24) is 0 Å². The Balaban J connectivity index is 2.43. The maximum absolute atomic E-state index is 14.2. The van der Waals surface area contributed by atoms with E-state index in [-0.39, 0.29) is 24.5 Å². The molecule has 1 aliphatic heterocycles. The minimum atomic E-state index is -1.06. The SMILES string of the molecule is CC(C)(Cc1c(Br)cc2c(c1F)OCO2)C(=O)O. The van der Waals surface area contributed by atoms with Crippen LogP contribution in [0, 0.1) is 11.2 Å². The molecular formula is C12H12BrFO4. The standard InChI is InChI=1S/C12H12BrFO4/c1-12(2,11(15)16)4-6-7(13)3-8-10(9(6)14)18-5-17-8/h3H,4-5H2,1-2H3,(H,15,16). The molecule has 6 heteroatoms. The summed E-state index contributed by atoms with van der Waals surface area (Å²) in [7, 11) is 0.